The summed E-state index contributed by atoms with van der Waals surface area (Å²) in [6.45, 7) is 6.87. The molecule has 3 atom stereocenters. The van der Waals surface area contributed by atoms with Crippen LogP contribution in [0.1, 0.15) is 48.9 Å². The molecule has 2 saturated heterocycles. The molecule has 3 heterocycles. The van der Waals surface area contributed by atoms with Gasteiger partial charge in [0.1, 0.15) is 17.8 Å². The van der Waals surface area contributed by atoms with Gasteiger partial charge in [-0.05, 0) is 18.1 Å². The van der Waals surface area contributed by atoms with Crippen molar-refractivity contribution in [1.29, 1.82) is 0 Å². The summed E-state index contributed by atoms with van der Waals surface area (Å²) in [5.74, 6) is -0.656. The Morgan fingerprint density at radius 3 is 2.64 bits per heavy atom. The van der Waals surface area contributed by atoms with E-state index in [9.17, 15) is 14.4 Å². The van der Waals surface area contributed by atoms with Crippen LogP contribution in [0.4, 0.5) is 0 Å². The first kappa shape index (κ1) is 23.0. The number of carbonyl (C=O) groups excluding carboxylic acids is 3. The third kappa shape index (κ3) is 4.93. The van der Waals surface area contributed by atoms with Gasteiger partial charge in [-0.2, -0.15) is 5.10 Å². The van der Waals surface area contributed by atoms with E-state index in [0.29, 0.717) is 25.3 Å². The first-order chi connectivity index (χ1) is 15.6. The molecular formula is C24H31N5O4. The summed E-state index contributed by atoms with van der Waals surface area (Å²) >= 11 is 0. The molecular weight excluding hydrogens is 422 g/mol. The van der Waals surface area contributed by atoms with Crippen LogP contribution in [0.15, 0.2) is 36.4 Å². The maximum atomic E-state index is 13.0. The van der Waals surface area contributed by atoms with Gasteiger partial charge in [0.2, 0.25) is 11.8 Å². The highest BCUT2D eigenvalue weighted by Crippen LogP contribution is 2.24. The van der Waals surface area contributed by atoms with Crippen LogP contribution in [0.3, 0.4) is 0 Å². The van der Waals surface area contributed by atoms with Crippen molar-refractivity contribution in [1.82, 2.24) is 25.3 Å². The van der Waals surface area contributed by atoms with E-state index in [-0.39, 0.29) is 35.8 Å². The number of hydrogen-bond donors (Lipinski definition) is 2. The number of amides is 3. The minimum Gasteiger partial charge on any atom is -0.374 e. The number of piperazine rings is 1. The number of benzene rings is 1. The Balaban J connectivity index is 1.35. The number of nitrogens with zero attached hydrogens (tertiary/aromatic N) is 3. The van der Waals surface area contributed by atoms with Crippen LogP contribution in [0.2, 0.25) is 0 Å². The van der Waals surface area contributed by atoms with Crippen molar-refractivity contribution in [3.05, 3.63) is 53.3 Å². The summed E-state index contributed by atoms with van der Waals surface area (Å²) in [6.07, 6.45) is 0.380. The fourth-order valence-electron chi connectivity index (χ4n) is 4.25. The Morgan fingerprint density at radius 1 is 1.24 bits per heavy atom. The van der Waals surface area contributed by atoms with Crippen molar-refractivity contribution >= 4 is 17.7 Å². The highest BCUT2D eigenvalue weighted by molar-refractivity contribution is 5.98. The molecule has 0 bridgehead atoms. The average Bonchev–Trinajstić information content (AvgIpc) is 3.36. The third-order valence-electron chi connectivity index (χ3n) is 6.11. The molecule has 1 aromatic heterocycles. The number of hydrogen-bond acceptors (Lipinski definition) is 5. The van der Waals surface area contributed by atoms with Gasteiger partial charge in [0.15, 0.2) is 0 Å². The van der Waals surface area contributed by atoms with E-state index in [2.05, 4.69) is 15.7 Å². The third-order valence-corrected chi connectivity index (χ3v) is 6.11. The molecule has 2 aromatic rings. The minimum atomic E-state index is -0.724. The Morgan fingerprint density at radius 2 is 1.97 bits per heavy atom. The predicted molar refractivity (Wildman–Crippen MR) is 121 cm³/mol. The lowest BCUT2D eigenvalue weighted by atomic mass is 9.92. The Labute approximate surface area is 193 Å². The van der Waals surface area contributed by atoms with Crippen molar-refractivity contribution in [3.8, 4) is 0 Å². The van der Waals surface area contributed by atoms with Gasteiger partial charge in [-0.15, -0.1) is 0 Å². The molecule has 2 fully saturated rings. The van der Waals surface area contributed by atoms with Gasteiger partial charge in [-0.1, -0.05) is 51.1 Å². The molecule has 9 nitrogen and oxygen atoms in total. The zero-order valence-electron chi connectivity index (χ0n) is 19.5. The number of aromatic nitrogens is 2. The second-order valence-electron chi connectivity index (χ2n) is 9.76. The number of carbonyl (C=O) groups is 3. The quantitative estimate of drug-likeness (QED) is 0.682. The molecule has 33 heavy (non-hydrogen) atoms. The maximum Gasteiger partial charge on any atom is 0.269 e. The van der Waals surface area contributed by atoms with E-state index in [1.165, 1.54) is 0 Å². The van der Waals surface area contributed by atoms with Crippen LogP contribution in [-0.4, -0.2) is 63.7 Å². The molecule has 2 aliphatic heterocycles. The second-order valence-corrected chi connectivity index (χ2v) is 9.76. The van der Waals surface area contributed by atoms with Crippen LogP contribution >= 0.6 is 0 Å². The van der Waals surface area contributed by atoms with Crippen LogP contribution in [0.25, 0.3) is 0 Å². The zero-order valence-corrected chi connectivity index (χ0v) is 19.5. The number of fused-ring (bicyclic) bond motifs is 1. The molecule has 0 spiro atoms. The molecule has 9 heteroatoms. The van der Waals surface area contributed by atoms with Crippen molar-refractivity contribution in [2.45, 2.75) is 57.3 Å². The van der Waals surface area contributed by atoms with Crippen LogP contribution in [-0.2, 0) is 33.4 Å². The first-order valence-corrected chi connectivity index (χ1v) is 11.2. The van der Waals surface area contributed by atoms with Gasteiger partial charge in [0, 0.05) is 25.0 Å². The number of aryl methyl sites for hydroxylation is 1. The molecule has 4 rings (SSSR count). The smallest absolute Gasteiger partial charge is 0.269 e. The average molecular weight is 454 g/mol. The summed E-state index contributed by atoms with van der Waals surface area (Å²) in [4.78, 5) is 40.0. The van der Waals surface area contributed by atoms with Crippen LogP contribution in [0.5, 0.6) is 0 Å². The molecule has 0 saturated carbocycles. The fraction of sp³-hybridized carbons (Fsp3) is 0.500. The Bertz CT molecular complexity index is 1040. The van der Waals surface area contributed by atoms with Crippen molar-refractivity contribution in [3.63, 3.8) is 0 Å². The van der Waals surface area contributed by atoms with E-state index in [0.717, 1.165) is 11.3 Å². The van der Waals surface area contributed by atoms with Gasteiger partial charge in [-0.25, -0.2) is 0 Å². The van der Waals surface area contributed by atoms with E-state index in [1.54, 1.807) is 22.7 Å². The summed E-state index contributed by atoms with van der Waals surface area (Å²) < 4.78 is 7.24. The molecule has 0 unspecified atom stereocenters. The summed E-state index contributed by atoms with van der Waals surface area (Å²) in [5, 5.41) is 10.2. The molecule has 0 radical (unpaired) electrons. The lowest BCUT2D eigenvalue weighted by Crippen LogP contribution is -2.62. The summed E-state index contributed by atoms with van der Waals surface area (Å²) in [5.41, 5.74) is 2.10. The van der Waals surface area contributed by atoms with Crippen molar-refractivity contribution in [2.24, 2.45) is 7.05 Å². The van der Waals surface area contributed by atoms with Gasteiger partial charge >= 0.3 is 0 Å². The Kier molecular flexibility index (Phi) is 6.25. The second kappa shape index (κ2) is 8.97. The van der Waals surface area contributed by atoms with Gasteiger partial charge in [-0.3, -0.25) is 19.1 Å². The molecule has 0 aliphatic carbocycles. The maximum absolute atomic E-state index is 13.0. The summed E-state index contributed by atoms with van der Waals surface area (Å²) in [7, 11) is 1.74. The highest BCUT2D eigenvalue weighted by Gasteiger charge is 2.47. The topological polar surface area (TPSA) is 106 Å². The number of rotatable bonds is 6. The van der Waals surface area contributed by atoms with Gasteiger partial charge < -0.3 is 20.3 Å². The molecule has 1 aromatic carbocycles. The van der Waals surface area contributed by atoms with Gasteiger partial charge in [0.25, 0.3) is 5.91 Å². The van der Waals surface area contributed by atoms with Gasteiger partial charge in [0.05, 0.1) is 18.9 Å². The fourth-order valence-corrected chi connectivity index (χ4v) is 4.25. The van der Waals surface area contributed by atoms with Crippen LogP contribution in [0, 0.1) is 0 Å². The summed E-state index contributed by atoms with van der Waals surface area (Å²) in [6, 6.07) is 9.83. The van der Waals surface area contributed by atoms with Crippen molar-refractivity contribution < 1.29 is 19.1 Å². The predicted octanol–water partition coefficient (Wildman–Crippen LogP) is 1.13. The number of ether oxygens (including phenoxy) is 1. The molecule has 2 aliphatic rings. The Hall–Kier alpha value is -3.20. The standard InChI is InChI=1S/C24H31N5O4/c1-24(2,3)20-11-18(28(4)27-20)21(30)25-16-10-19-22(31)26-17(23(32)29(19)12-16)14-33-13-15-8-6-5-7-9-15/h5-9,11,16-17,19H,10,12-14H2,1-4H3,(H,25,30)(H,26,31)/t16-,17-,19-/m0/s1. The SMILES string of the molecule is Cn1nc(C(C)(C)C)cc1C(=O)N[C@H]1C[C@H]2C(=O)N[C@@H](COCc3ccccc3)C(=O)N2C1. The van der Waals surface area contributed by atoms with E-state index >= 15 is 0 Å². The van der Waals surface area contributed by atoms with E-state index in [4.69, 9.17) is 4.74 Å². The lowest BCUT2D eigenvalue weighted by Gasteiger charge is -2.34. The van der Waals surface area contributed by atoms with Crippen molar-refractivity contribution in [2.75, 3.05) is 13.2 Å². The highest BCUT2D eigenvalue weighted by atomic mass is 16.5. The molecule has 3 amide bonds. The number of nitrogens with one attached hydrogen (secondary N) is 2. The lowest BCUT2D eigenvalue weighted by molar-refractivity contribution is -0.148. The first-order valence-electron chi connectivity index (χ1n) is 11.2. The zero-order chi connectivity index (χ0) is 23.8. The molecule has 2 N–H and O–H groups in total. The largest absolute Gasteiger partial charge is 0.374 e. The minimum absolute atomic E-state index is 0.102. The van der Waals surface area contributed by atoms with Crippen LogP contribution < -0.4 is 10.6 Å². The normalized spacial score (nSPS) is 22.8. The molecule has 176 valence electrons. The van der Waals surface area contributed by atoms with E-state index < -0.39 is 12.1 Å². The monoisotopic (exact) mass is 453 g/mol. The van der Waals surface area contributed by atoms with E-state index in [1.807, 2.05) is 51.1 Å².